The maximum Gasteiger partial charge on any atom is 0.0703 e. The monoisotopic (exact) mass is 290 g/mol. The van der Waals surface area contributed by atoms with Crippen molar-refractivity contribution < 1.29 is 4.74 Å². The van der Waals surface area contributed by atoms with Crippen molar-refractivity contribution in [3.63, 3.8) is 0 Å². The van der Waals surface area contributed by atoms with Crippen LogP contribution in [0.2, 0.25) is 0 Å². The first kappa shape index (κ1) is 16.5. The van der Waals surface area contributed by atoms with E-state index < -0.39 is 0 Å². The summed E-state index contributed by atoms with van der Waals surface area (Å²) in [6, 6.07) is 9.51. The number of ether oxygens (including phenoxy) is 1. The molecule has 0 aliphatic carbocycles. The van der Waals surface area contributed by atoms with E-state index in [1.807, 2.05) is 0 Å². The normalized spacial score (nSPS) is 23.0. The van der Waals surface area contributed by atoms with Gasteiger partial charge in [-0.15, -0.1) is 0 Å². The summed E-state index contributed by atoms with van der Waals surface area (Å²) in [5.41, 5.74) is 2.88. The minimum Gasteiger partial charge on any atom is -0.377 e. The van der Waals surface area contributed by atoms with Crippen molar-refractivity contribution in [3.05, 3.63) is 35.4 Å². The van der Waals surface area contributed by atoms with Crippen molar-refractivity contribution in [2.75, 3.05) is 13.7 Å². The van der Waals surface area contributed by atoms with E-state index in [1.165, 1.54) is 11.1 Å². The quantitative estimate of drug-likeness (QED) is 0.901. The fourth-order valence-corrected chi connectivity index (χ4v) is 2.83. The molecule has 2 atom stereocenters. The third kappa shape index (κ3) is 5.10. The Labute approximate surface area is 129 Å². The third-order valence-electron chi connectivity index (χ3n) is 4.18. The maximum absolute atomic E-state index is 5.66. The minimum atomic E-state index is 0.164. The molecule has 1 aromatic carbocycles. The van der Waals surface area contributed by atoms with E-state index in [0.717, 1.165) is 26.1 Å². The zero-order valence-electron chi connectivity index (χ0n) is 14.1. The van der Waals surface area contributed by atoms with Gasteiger partial charge in [0.15, 0.2) is 0 Å². The van der Waals surface area contributed by atoms with E-state index in [2.05, 4.69) is 69.2 Å². The molecule has 3 nitrogen and oxygen atoms in total. The molecule has 0 saturated carbocycles. The molecule has 1 N–H and O–H groups in total. The van der Waals surface area contributed by atoms with Crippen molar-refractivity contribution in [1.82, 2.24) is 10.2 Å². The van der Waals surface area contributed by atoms with Crippen LogP contribution in [0.3, 0.4) is 0 Å². The van der Waals surface area contributed by atoms with E-state index in [4.69, 9.17) is 4.74 Å². The fourth-order valence-electron chi connectivity index (χ4n) is 2.83. The second kappa shape index (κ2) is 6.91. The molecule has 0 bridgehead atoms. The van der Waals surface area contributed by atoms with E-state index in [9.17, 15) is 0 Å². The van der Waals surface area contributed by atoms with E-state index in [1.54, 1.807) is 0 Å². The molecule has 2 unspecified atom stereocenters. The first-order valence-corrected chi connectivity index (χ1v) is 8.00. The molecule has 118 valence electrons. The predicted molar refractivity (Wildman–Crippen MR) is 88.3 cm³/mol. The predicted octanol–water partition coefficient (Wildman–Crippen LogP) is 3.18. The molecule has 1 aromatic rings. The summed E-state index contributed by atoms with van der Waals surface area (Å²) in [4.78, 5) is 2.42. The molecule has 0 amide bonds. The Morgan fingerprint density at radius 3 is 2.33 bits per heavy atom. The van der Waals surface area contributed by atoms with Crippen LogP contribution in [0.15, 0.2) is 24.3 Å². The number of nitrogens with one attached hydrogen (secondary N) is 1. The van der Waals surface area contributed by atoms with Crippen molar-refractivity contribution in [3.8, 4) is 0 Å². The van der Waals surface area contributed by atoms with Crippen LogP contribution in [0.1, 0.15) is 45.2 Å². The van der Waals surface area contributed by atoms with E-state index in [0.29, 0.717) is 12.1 Å². The highest BCUT2D eigenvalue weighted by atomic mass is 16.5. The highest BCUT2D eigenvalue weighted by Crippen LogP contribution is 2.20. The van der Waals surface area contributed by atoms with Gasteiger partial charge < -0.3 is 10.1 Å². The number of nitrogens with zero attached hydrogens (tertiary/aromatic N) is 1. The molecule has 0 spiro atoms. The maximum atomic E-state index is 5.66. The largest absolute Gasteiger partial charge is 0.377 e. The standard InChI is InChI=1S/C18H30N2O/c1-14-17(10-11-21-14)20(5)13-16-8-6-15(7-9-16)12-19-18(2,3)4/h6-9,14,17,19H,10-13H2,1-5H3. The minimum absolute atomic E-state index is 0.164. The molecule has 1 saturated heterocycles. The van der Waals surface area contributed by atoms with E-state index in [-0.39, 0.29) is 5.54 Å². The first-order chi connectivity index (χ1) is 9.85. The van der Waals surface area contributed by atoms with Gasteiger partial charge in [-0.05, 0) is 52.3 Å². The smallest absolute Gasteiger partial charge is 0.0703 e. The number of likely N-dealkylation sites (N-methyl/N-ethyl adjacent to an activating group) is 1. The highest BCUT2D eigenvalue weighted by molar-refractivity contribution is 5.22. The molecule has 0 radical (unpaired) electrons. The topological polar surface area (TPSA) is 24.5 Å². The fraction of sp³-hybridized carbons (Fsp3) is 0.667. The Kier molecular flexibility index (Phi) is 5.42. The second-order valence-electron chi connectivity index (χ2n) is 7.27. The molecule has 1 heterocycles. The highest BCUT2D eigenvalue weighted by Gasteiger charge is 2.27. The molecule has 1 aliphatic rings. The molecule has 3 heteroatoms. The lowest BCUT2D eigenvalue weighted by atomic mass is 10.1. The average molecular weight is 290 g/mol. The Balaban J connectivity index is 1.87. The molecule has 2 rings (SSSR count). The van der Waals surface area contributed by atoms with Gasteiger partial charge in [-0.2, -0.15) is 0 Å². The lowest BCUT2D eigenvalue weighted by molar-refractivity contribution is 0.0814. The van der Waals surface area contributed by atoms with Crippen molar-refractivity contribution in [2.24, 2.45) is 0 Å². The van der Waals surface area contributed by atoms with Crippen LogP contribution in [0.25, 0.3) is 0 Å². The molecule has 21 heavy (non-hydrogen) atoms. The van der Waals surface area contributed by atoms with Crippen molar-refractivity contribution >= 4 is 0 Å². The van der Waals surface area contributed by atoms with Crippen LogP contribution in [-0.2, 0) is 17.8 Å². The first-order valence-electron chi connectivity index (χ1n) is 8.00. The van der Waals surface area contributed by atoms with Crippen LogP contribution >= 0.6 is 0 Å². The van der Waals surface area contributed by atoms with Crippen LogP contribution in [0, 0.1) is 0 Å². The van der Waals surface area contributed by atoms with Gasteiger partial charge in [0.25, 0.3) is 0 Å². The zero-order chi connectivity index (χ0) is 15.5. The van der Waals surface area contributed by atoms with Gasteiger partial charge in [-0.3, -0.25) is 4.90 Å². The van der Waals surface area contributed by atoms with Gasteiger partial charge in [-0.25, -0.2) is 0 Å². The summed E-state index contributed by atoms with van der Waals surface area (Å²) in [6.07, 6.45) is 1.50. The summed E-state index contributed by atoms with van der Waals surface area (Å²) in [6.45, 7) is 11.6. The van der Waals surface area contributed by atoms with Gasteiger partial charge in [0.05, 0.1) is 6.10 Å². The van der Waals surface area contributed by atoms with Gasteiger partial charge in [-0.1, -0.05) is 24.3 Å². The summed E-state index contributed by atoms with van der Waals surface area (Å²) in [5.74, 6) is 0. The Hall–Kier alpha value is -0.900. The second-order valence-corrected chi connectivity index (χ2v) is 7.27. The number of hydrogen-bond donors (Lipinski definition) is 1. The van der Waals surface area contributed by atoms with Gasteiger partial charge >= 0.3 is 0 Å². The van der Waals surface area contributed by atoms with Crippen LogP contribution in [0.4, 0.5) is 0 Å². The Morgan fingerprint density at radius 1 is 1.19 bits per heavy atom. The van der Waals surface area contributed by atoms with Crippen molar-refractivity contribution in [1.29, 1.82) is 0 Å². The average Bonchev–Trinajstić information content (AvgIpc) is 2.83. The SMILES string of the molecule is CC1OCCC1N(C)Cc1ccc(CNC(C)(C)C)cc1. The van der Waals surface area contributed by atoms with Gasteiger partial charge in [0.1, 0.15) is 0 Å². The number of benzene rings is 1. The number of rotatable bonds is 5. The Bertz CT molecular complexity index is 436. The van der Waals surface area contributed by atoms with Crippen LogP contribution < -0.4 is 5.32 Å². The molecule has 1 fully saturated rings. The molecule has 1 aliphatic heterocycles. The van der Waals surface area contributed by atoms with Crippen LogP contribution in [0.5, 0.6) is 0 Å². The number of hydrogen-bond acceptors (Lipinski definition) is 3. The van der Waals surface area contributed by atoms with Gasteiger partial charge in [0, 0.05) is 31.3 Å². The van der Waals surface area contributed by atoms with Gasteiger partial charge in [0.2, 0.25) is 0 Å². The van der Waals surface area contributed by atoms with Crippen molar-refractivity contribution in [2.45, 2.75) is 64.9 Å². The molecule has 0 aromatic heterocycles. The lowest BCUT2D eigenvalue weighted by Gasteiger charge is -2.26. The summed E-state index contributed by atoms with van der Waals surface area (Å²) in [5, 5.41) is 3.52. The molecular weight excluding hydrogens is 260 g/mol. The lowest BCUT2D eigenvalue weighted by Crippen LogP contribution is -2.36. The third-order valence-corrected chi connectivity index (χ3v) is 4.18. The Morgan fingerprint density at radius 2 is 1.81 bits per heavy atom. The van der Waals surface area contributed by atoms with E-state index >= 15 is 0 Å². The summed E-state index contributed by atoms with van der Waals surface area (Å²) < 4.78 is 5.66. The summed E-state index contributed by atoms with van der Waals surface area (Å²) >= 11 is 0. The zero-order valence-corrected chi connectivity index (χ0v) is 14.1. The van der Waals surface area contributed by atoms with Crippen LogP contribution in [-0.4, -0.2) is 36.2 Å². The summed E-state index contributed by atoms with van der Waals surface area (Å²) in [7, 11) is 2.20. The molecular formula is C18H30N2O.